The summed E-state index contributed by atoms with van der Waals surface area (Å²) in [5, 5.41) is 10.5. The van der Waals surface area contributed by atoms with Crippen LogP contribution in [0.25, 0.3) is 0 Å². The lowest BCUT2D eigenvalue weighted by molar-refractivity contribution is 0.00919. The summed E-state index contributed by atoms with van der Waals surface area (Å²) >= 11 is 0. The second-order valence-corrected chi connectivity index (χ2v) is 5.60. The van der Waals surface area contributed by atoms with Gasteiger partial charge in [0.25, 0.3) is 0 Å². The van der Waals surface area contributed by atoms with Crippen molar-refractivity contribution < 1.29 is 5.11 Å². The standard InChI is InChI=1S/C16H34O/c1-4-7-9-10-11-12-15-16(17,13-6-3)14-8-5-2/h17H,4-15H2,1-3H3. The van der Waals surface area contributed by atoms with Crippen molar-refractivity contribution in [1.82, 2.24) is 0 Å². The Morgan fingerprint density at radius 2 is 1.12 bits per heavy atom. The van der Waals surface area contributed by atoms with Crippen LogP contribution in [0.2, 0.25) is 0 Å². The Hall–Kier alpha value is -0.0400. The van der Waals surface area contributed by atoms with Crippen LogP contribution in [-0.2, 0) is 0 Å². The largest absolute Gasteiger partial charge is 0.390 e. The molecule has 0 aliphatic heterocycles. The molecule has 1 N–H and O–H groups in total. The van der Waals surface area contributed by atoms with Crippen LogP contribution in [0.5, 0.6) is 0 Å². The maximum absolute atomic E-state index is 10.5. The first-order valence-corrected chi connectivity index (χ1v) is 7.91. The zero-order chi connectivity index (χ0) is 13.0. The van der Waals surface area contributed by atoms with Crippen molar-refractivity contribution in [3.8, 4) is 0 Å². The molecule has 17 heavy (non-hydrogen) atoms. The third-order valence-electron chi connectivity index (χ3n) is 3.71. The topological polar surface area (TPSA) is 20.2 Å². The fourth-order valence-corrected chi connectivity index (χ4v) is 2.58. The van der Waals surface area contributed by atoms with Crippen LogP contribution in [0.3, 0.4) is 0 Å². The average molecular weight is 242 g/mol. The Bertz CT molecular complexity index is 156. The molecule has 0 saturated heterocycles. The fraction of sp³-hybridized carbons (Fsp3) is 1.00. The maximum atomic E-state index is 10.5. The van der Waals surface area contributed by atoms with Gasteiger partial charge >= 0.3 is 0 Å². The van der Waals surface area contributed by atoms with Gasteiger partial charge in [-0.15, -0.1) is 0 Å². The van der Waals surface area contributed by atoms with E-state index in [1.165, 1.54) is 51.4 Å². The Balaban J connectivity index is 3.68. The van der Waals surface area contributed by atoms with E-state index in [0.717, 1.165) is 25.7 Å². The van der Waals surface area contributed by atoms with Crippen LogP contribution in [0.15, 0.2) is 0 Å². The van der Waals surface area contributed by atoms with Gasteiger partial charge in [0.1, 0.15) is 0 Å². The Kier molecular flexibility index (Phi) is 11.0. The zero-order valence-electron chi connectivity index (χ0n) is 12.4. The third kappa shape index (κ3) is 9.64. The molecule has 1 heteroatoms. The van der Waals surface area contributed by atoms with Crippen molar-refractivity contribution in [3.63, 3.8) is 0 Å². The summed E-state index contributed by atoms with van der Waals surface area (Å²) in [4.78, 5) is 0. The second kappa shape index (κ2) is 11.1. The lowest BCUT2D eigenvalue weighted by Gasteiger charge is -2.28. The van der Waals surface area contributed by atoms with Gasteiger partial charge < -0.3 is 5.11 Å². The highest BCUT2D eigenvalue weighted by atomic mass is 16.3. The van der Waals surface area contributed by atoms with Gasteiger partial charge in [-0.1, -0.05) is 78.6 Å². The molecule has 0 bridgehead atoms. The van der Waals surface area contributed by atoms with Crippen molar-refractivity contribution in [2.45, 2.75) is 103 Å². The number of rotatable bonds is 12. The van der Waals surface area contributed by atoms with Gasteiger partial charge in [0, 0.05) is 0 Å². The highest BCUT2D eigenvalue weighted by Crippen LogP contribution is 2.27. The summed E-state index contributed by atoms with van der Waals surface area (Å²) in [7, 11) is 0. The minimum Gasteiger partial charge on any atom is -0.390 e. The van der Waals surface area contributed by atoms with Crippen LogP contribution in [0.4, 0.5) is 0 Å². The first-order valence-electron chi connectivity index (χ1n) is 7.91. The molecule has 104 valence electrons. The highest BCUT2D eigenvalue weighted by molar-refractivity contribution is 4.77. The molecule has 0 aromatic rings. The normalized spacial score (nSPS) is 14.8. The SMILES string of the molecule is CCCCCCCCC(O)(CCC)CCCC. The smallest absolute Gasteiger partial charge is 0.0647 e. The van der Waals surface area contributed by atoms with Crippen molar-refractivity contribution in [2.24, 2.45) is 0 Å². The van der Waals surface area contributed by atoms with Gasteiger partial charge in [-0.05, 0) is 19.3 Å². The van der Waals surface area contributed by atoms with E-state index >= 15 is 0 Å². The van der Waals surface area contributed by atoms with Crippen molar-refractivity contribution in [1.29, 1.82) is 0 Å². The molecule has 0 aromatic carbocycles. The summed E-state index contributed by atoms with van der Waals surface area (Å²) in [5.74, 6) is 0. The summed E-state index contributed by atoms with van der Waals surface area (Å²) in [6.45, 7) is 6.64. The number of unbranched alkanes of at least 4 members (excludes halogenated alkanes) is 6. The van der Waals surface area contributed by atoms with Gasteiger partial charge in [0.2, 0.25) is 0 Å². The molecule has 0 heterocycles. The van der Waals surface area contributed by atoms with E-state index in [1.807, 2.05) is 0 Å². The van der Waals surface area contributed by atoms with Crippen LogP contribution < -0.4 is 0 Å². The van der Waals surface area contributed by atoms with Crippen molar-refractivity contribution in [2.75, 3.05) is 0 Å². The minimum atomic E-state index is -0.352. The van der Waals surface area contributed by atoms with Gasteiger partial charge in [-0.2, -0.15) is 0 Å². The monoisotopic (exact) mass is 242 g/mol. The molecule has 1 nitrogen and oxygen atoms in total. The van der Waals surface area contributed by atoms with Gasteiger partial charge in [-0.25, -0.2) is 0 Å². The molecule has 0 rings (SSSR count). The summed E-state index contributed by atoms with van der Waals surface area (Å²) in [6.07, 6.45) is 14.4. The Labute approximate surface area is 109 Å². The van der Waals surface area contributed by atoms with Crippen LogP contribution in [0.1, 0.15) is 97.8 Å². The molecular formula is C16H34O. The van der Waals surface area contributed by atoms with Crippen LogP contribution in [-0.4, -0.2) is 10.7 Å². The molecule has 0 amide bonds. The number of aliphatic hydroxyl groups is 1. The predicted molar refractivity (Wildman–Crippen MR) is 77.4 cm³/mol. The second-order valence-electron chi connectivity index (χ2n) is 5.60. The molecule has 0 saturated carbocycles. The summed E-state index contributed by atoms with van der Waals surface area (Å²) < 4.78 is 0. The summed E-state index contributed by atoms with van der Waals surface area (Å²) in [5.41, 5.74) is -0.352. The molecule has 0 aliphatic rings. The maximum Gasteiger partial charge on any atom is 0.0647 e. The summed E-state index contributed by atoms with van der Waals surface area (Å²) in [6, 6.07) is 0. The number of hydrogen-bond acceptors (Lipinski definition) is 1. The zero-order valence-corrected chi connectivity index (χ0v) is 12.4. The molecule has 0 aromatic heterocycles. The van der Waals surface area contributed by atoms with E-state index in [0.29, 0.717) is 0 Å². The van der Waals surface area contributed by atoms with E-state index in [2.05, 4.69) is 20.8 Å². The average Bonchev–Trinajstić information content (AvgIpc) is 2.32. The molecule has 0 radical (unpaired) electrons. The first-order chi connectivity index (χ1) is 8.18. The Morgan fingerprint density at radius 3 is 1.71 bits per heavy atom. The molecule has 1 atom stereocenters. The predicted octanol–water partition coefficient (Wildman–Crippen LogP) is 5.46. The molecule has 0 fully saturated rings. The third-order valence-corrected chi connectivity index (χ3v) is 3.71. The lowest BCUT2D eigenvalue weighted by Crippen LogP contribution is -2.28. The van der Waals surface area contributed by atoms with Crippen molar-refractivity contribution >= 4 is 0 Å². The van der Waals surface area contributed by atoms with Crippen molar-refractivity contribution in [3.05, 3.63) is 0 Å². The van der Waals surface area contributed by atoms with E-state index in [1.54, 1.807) is 0 Å². The molecular weight excluding hydrogens is 208 g/mol. The van der Waals surface area contributed by atoms with Gasteiger partial charge in [-0.3, -0.25) is 0 Å². The van der Waals surface area contributed by atoms with Gasteiger partial charge in [0.15, 0.2) is 0 Å². The molecule has 0 aliphatic carbocycles. The van der Waals surface area contributed by atoms with E-state index in [4.69, 9.17) is 0 Å². The molecule has 1 unspecified atom stereocenters. The van der Waals surface area contributed by atoms with Gasteiger partial charge in [0.05, 0.1) is 5.60 Å². The number of hydrogen-bond donors (Lipinski definition) is 1. The Morgan fingerprint density at radius 1 is 0.588 bits per heavy atom. The lowest BCUT2D eigenvalue weighted by atomic mass is 9.86. The molecule has 0 spiro atoms. The van der Waals surface area contributed by atoms with E-state index in [-0.39, 0.29) is 5.60 Å². The van der Waals surface area contributed by atoms with E-state index in [9.17, 15) is 5.11 Å². The fourth-order valence-electron chi connectivity index (χ4n) is 2.58. The van der Waals surface area contributed by atoms with Crippen LogP contribution >= 0.6 is 0 Å². The van der Waals surface area contributed by atoms with E-state index < -0.39 is 0 Å². The first kappa shape index (κ1) is 17.0. The quantitative estimate of drug-likeness (QED) is 0.451. The van der Waals surface area contributed by atoms with Crippen LogP contribution in [0, 0.1) is 0 Å². The minimum absolute atomic E-state index is 0.352. The highest BCUT2D eigenvalue weighted by Gasteiger charge is 2.24.